The molecule has 0 aliphatic heterocycles. The summed E-state index contributed by atoms with van der Waals surface area (Å²) >= 11 is 1.75. The van der Waals surface area contributed by atoms with Gasteiger partial charge in [0.1, 0.15) is 5.65 Å². The summed E-state index contributed by atoms with van der Waals surface area (Å²) in [5.74, 6) is 0. The fourth-order valence-electron chi connectivity index (χ4n) is 5.72. The summed E-state index contributed by atoms with van der Waals surface area (Å²) < 4.78 is 2.32. The van der Waals surface area contributed by atoms with Crippen molar-refractivity contribution in [3.8, 4) is 16.8 Å². The molecule has 3 heteroatoms. The third-order valence-electron chi connectivity index (χ3n) is 7.33. The molecule has 0 aliphatic carbocycles. The van der Waals surface area contributed by atoms with E-state index in [1.54, 1.807) is 11.3 Å². The summed E-state index contributed by atoms with van der Waals surface area (Å²) in [4.78, 5) is 4.96. The van der Waals surface area contributed by atoms with Gasteiger partial charge in [0.2, 0.25) is 0 Å². The minimum Gasteiger partial charge on any atom is -0.293 e. The van der Waals surface area contributed by atoms with Gasteiger partial charge in [-0.25, -0.2) is 4.98 Å². The van der Waals surface area contributed by atoms with Gasteiger partial charge in [0.25, 0.3) is 0 Å². The van der Waals surface area contributed by atoms with Gasteiger partial charge < -0.3 is 0 Å². The van der Waals surface area contributed by atoms with Crippen LogP contribution in [0.4, 0.5) is 0 Å². The first kappa shape index (κ1) is 19.8. The van der Waals surface area contributed by atoms with Gasteiger partial charge >= 0.3 is 0 Å². The number of aromatic nitrogens is 2. The van der Waals surface area contributed by atoms with Crippen LogP contribution in [-0.2, 0) is 0 Å². The second kappa shape index (κ2) is 7.51. The first-order valence-corrected chi connectivity index (χ1v) is 13.1. The molecule has 0 aliphatic rings. The summed E-state index contributed by atoms with van der Waals surface area (Å²) in [5, 5.41) is 14.5. The number of benzene rings is 5. The Bertz CT molecular complexity index is 2110. The second-order valence-electron chi connectivity index (χ2n) is 9.29. The Morgan fingerprint density at radius 2 is 1.33 bits per heavy atom. The normalized spacial score (nSPS) is 11.9. The average molecular weight is 477 g/mol. The SMILES string of the molecule is c1cc(-c2cc3ccccc3c3ccccc23)cc(-n2c3cscc3c3c4ccccc4cnc32)c1. The fraction of sp³-hybridized carbons (Fsp3) is 0. The zero-order chi connectivity index (χ0) is 23.6. The van der Waals surface area contributed by atoms with Gasteiger partial charge in [-0.05, 0) is 56.3 Å². The quantitative estimate of drug-likeness (QED) is 0.227. The van der Waals surface area contributed by atoms with Crippen molar-refractivity contribution in [1.29, 1.82) is 0 Å². The van der Waals surface area contributed by atoms with Gasteiger partial charge in [-0.2, -0.15) is 0 Å². The molecular weight excluding hydrogens is 456 g/mol. The van der Waals surface area contributed by atoms with E-state index >= 15 is 0 Å². The van der Waals surface area contributed by atoms with Crippen molar-refractivity contribution >= 4 is 65.6 Å². The topological polar surface area (TPSA) is 17.8 Å². The molecule has 0 atom stereocenters. The molecule has 0 unspecified atom stereocenters. The van der Waals surface area contributed by atoms with E-state index in [0.29, 0.717) is 0 Å². The van der Waals surface area contributed by atoms with Crippen molar-refractivity contribution in [1.82, 2.24) is 9.55 Å². The number of nitrogens with zero attached hydrogens (tertiary/aromatic N) is 2. The van der Waals surface area contributed by atoms with Crippen LogP contribution in [-0.4, -0.2) is 9.55 Å². The molecule has 0 saturated heterocycles. The van der Waals surface area contributed by atoms with Crippen molar-refractivity contribution in [2.24, 2.45) is 0 Å². The van der Waals surface area contributed by atoms with Gasteiger partial charge in [-0.3, -0.25) is 4.57 Å². The summed E-state index contributed by atoms with van der Waals surface area (Å²) in [6, 6.07) is 37.2. The van der Waals surface area contributed by atoms with Gasteiger partial charge in [-0.1, -0.05) is 84.9 Å². The van der Waals surface area contributed by atoms with E-state index in [1.807, 2.05) is 6.20 Å². The maximum absolute atomic E-state index is 4.96. The lowest BCUT2D eigenvalue weighted by Crippen LogP contribution is -1.96. The third-order valence-corrected chi connectivity index (χ3v) is 8.06. The predicted molar refractivity (Wildman–Crippen MR) is 154 cm³/mol. The van der Waals surface area contributed by atoms with Crippen LogP contribution >= 0.6 is 11.3 Å². The highest BCUT2D eigenvalue weighted by Crippen LogP contribution is 2.39. The Labute approximate surface area is 211 Å². The molecule has 36 heavy (non-hydrogen) atoms. The maximum Gasteiger partial charge on any atom is 0.146 e. The molecule has 5 aromatic carbocycles. The summed E-state index contributed by atoms with van der Waals surface area (Å²) in [7, 11) is 0. The van der Waals surface area contributed by atoms with Gasteiger partial charge in [-0.15, -0.1) is 11.3 Å². The molecule has 3 heterocycles. The van der Waals surface area contributed by atoms with Gasteiger partial charge in [0, 0.05) is 38.8 Å². The standard InChI is InChI=1S/C33H20N2S/c1-3-12-25-22(8-1)17-29(28-15-6-5-14-27(25)28)21-10-7-11-24(16-21)35-31-20-36-19-30(31)32-26-13-4-2-9-23(26)18-34-33(32)35/h1-20H. The minimum atomic E-state index is 1.01. The van der Waals surface area contributed by atoms with Crippen molar-refractivity contribution in [2.45, 2.75) is 0 Å². The van der Waals surface area contributed by atoms with Crippen LogP contribution in [0.5, 0.6) is 0 Å². The molecule has 0 N–H and O–H groups in total. The Morgan fingerprint density at radius 1 is 0.583 bits per heavy atom. The molecule has 0 radical (unpaired) electrons. The van der Waals surface area contributed by atoms with E-state index in [2.05, 4.69) is 118 Å². The van der Waals surface area contributed by atoms with E-state index < -0.39 is 0 Å². The molecule has 2 nitrogen and oxygen atoms in total. The van der Waals surface area contributed by atoms with Crippen LogP contribution in [0.1, 0.15) is 0 Å². The van der Waals surface area contributed by atoms with Crippen LogP contribution in [0.2, 0.25) is 0 Å². The molecule has 8 rings (SSSR count). The van der Waals surface area contributed by atoms with E-state index in [4.69, 9.17) is 4.98 Å². The highest BCUT2D eigenvalue weighted by atomic mass is 32.1. The summed E-state index contributed by atoms with van der Waals surface area (Å²) in [6.45, 7) is 0. The highest BCUT2D eigenvalue weighted by Gasteiger charge is 2.17. The number of fused-ring (bicyclic) bond motifs is 8. The maximum atomic E-state index is 4.96. The molecule has 0 amide bonds. The van der Waals surface area contributed by atoms with E-state index in [-0.39, 0.29) is 0 Å². The Morgan fingerprint density at radius 3 is 2.22 bits per heavy atom. The lowest BCUT2D eigenvalue weighted by atomic mass is 9.93. The van der Waals surface area contributed by atoms with E-state index in [0.717, 1.165) is 11.3 Å². The predicted octanol–water partition coefficient (Wildman–Crippen LogP) is 9.37. The Kier molecular flexibility index (Phi) is 4.13. The number of pyridine rings is 1. The largest absolute Gasteiger partial charge is 0.293 e. The van der Waals surface area contributed by atoms with Gasteiger partial charge in [0.15, 0.2) is 0 Å². The van der Waals surface area contributed by atoms with Crippen molar-refractivity contribution in [3.63, 3.8) is 0 Å². The number of rotatable bonds is 2. The van der Waals surface area contributed by atoms with Crippen LogP contribution in [0, 0.1) is 0 Å². The van der Waals surface area contributed by atoms with Gasteiger partial charge in [0.05, 0.1) is 5.52 Å². The van der Waals surface area contributed by atoms with Crippen LogP contribution in [0.3, 0.4) is 0 Å². The monoisotopic (exact) mass is 476 g/mol. The van der Waals surface area contributed by atoms with Crippen molar-refractivity contribution < 1.29 is 0 Å². The van der Waals surface area contributed by atoms with Crippen molar-refractivity contribution in [2.75, 3.05) is 0 Å². The third kappa shape index (κ3) is 2.75. The zero-order valence-corrected chi connectivity index (χ0v) is 20.2. The van der Waals surface area contributed by atoms with E-state index in [9.17, 15) is 0 Å². The van der Waals surface area contributed by atoms with E-state index in [1.165, 1.54) is 59.7 Å². The average Bonchev–Trinajstić information content (AvgIpc) is 3.53. The highest BCUT2D eigenvalue weighted by molar-refractivity contribution is 7.09. The number of hydrogen-bond acceptors (Lipinski definition) is 2. The van der Waals surface area contributed by atoms with Crippen LogP contribution in [0.15, 0.2) is 120 Å². The fourth-order valence-corrected chi connectivity index (χ4v) is 6.52. The van der Waals surface area contributed by atoms with Crippen LogP contribution < -0.4 is 0 Å². The summed E-state index contributed by atoms with van der Waals surface area (Å²) in [5.41, 5.74) is 5.81. The molecule has 8 aromatic rings. The molecular formula is C33H20N2S. The van der Waals surface area contributed by atoms with Crippen LogP contribution in [0.25, 0.3) is 71.1 Å². The number of thiophene rings is 1. The zero-order valence-electron chi connectivity index (χ0n) is 19.3. The molecule has 0 spiro atoms. The molecule has 0 fully saturated rings. The first-order chi connectivity index (χ1) is 17.9. The minimum absolute atomic E-state index is 1.01. The lowest BCUT2D eigenvalue weighted by molar-refractivity contribution is 1.14. The summed E-state index contributed by atoms with van der Waals surface area (Å²) in [6.07, 6.45) is 2.00. The number of hydrogen-bond donors (Lipinski definition) is 0. The smallest absolute Gasteiger partial charge is 0.146 e. The molecule has 3 aromatic heterocycles. The second-order valence-corrected chi connectivity index (χ2v) is 10.0. The Hall–Kier alpha value is -4.47. The first-order valence-electron chi connectivity index (χ1n) is 12.1. The molecule has 0 saturated carbocycles. The Balaban J connectivity index is 1.43. The lowest BCUT2D eigenvalue weighted by Gasteiger charge is -2.13. The molecule has 0 bridgehead atoms. The molecule has 168 valence electrons. The van der Waals surface area contributed by atoms with Crippen molar-refractivity contribution in [3.05, 3.63) is 120 Å².